The number of aromatic nitrogens is 2. The van der Waals surface area contributed by atoms with Crippen molar-refractivity contribution in [2.24, 2.45) is 0 Å². The molecule has 0 saturated carbocycles. The number of sulfonamides is 1. The number of nitrogens with zero attached hydrogens (tertiary/aromatic N) is 3. The summed E-state index contributed by atoms with van der Waals surface area (Å²) >= 11 is 0. The van der Waals surface area contributed by atoms with Crippen molar-refractivity contribution in [3.63, 3.8) is 0 Å². The molecule has 1 aliphatic rings. The first-order chi connectivity index (χ1) is 12.1. The van der Waals surface area contributed by atoms with Crippen LogP contribution in [0.15, 0.2) is 39.8 Å². The minimum Gasteiger partial charge on any atom is -0.382 e. The maximum absolute atomic E-state index is 12.9. The standard InChI is InChI=1S/C16H21N3O5S/c1-22-10-11-23-12-15-17-16(18-24-15)14-8-5-9-19(14)25(20,21)13-6-3-2-4-7-13/h2-4,6-7,14H,5,8-12H2,1H3. The highest BCUT2D eigenvalue weighted by molar-refractivity contribution is 7.89. The van der Waals surface area contributed by atoms with E-state index < -0.39 is 16.1 Å². The first-order valence-electron chi connectivity index (χ1n) is 8.09. The number of hydrogen-bond donors (Lipinski definition) is 0. The summed E-state index contributed by atoms with van der Waals surface area (Å²) in [5, 5.41) is 3.95. The summed E-state index contributed by atoms with van der Waals surface area (Å²) in [5.74, 6) is 0.706. The molecule has 0 radical (unpaired) electrons. The molecule has 0 spiro atoms. The summed E-state index contributed by atoms with van der Waals surface area (Å²) in [5.41, 5.74) is 0. The van der Waals surface area contributed by atoms with E-state index in [9.17, 15) is 8.42 Å². The number of ether oxygens (including phenoxy) is 2. The van der Waals surface area contributed by atoms with E-state index in [0.717, 1.165) is 6.42 Å². The van der Waals surface area contributed by atoms with Gasteiger partial charge in [0.2, 0.25) is 10.0 Å². The third kappa shape index (κ3) is 4.06. The summed E-state index contributed by atoms with van der Waals surface area (Å²) in [4.78, 5) is 4.57. The van der Waals surface area contributed by atoms with Gasteiger partial charge in [-0.2, -0.15) is 9.29 Å². The van der Waals surface area contributed by atoms with Gasteiger partial charge in [-0.1, -0.05) is 23.4 Å². The average molecular weight is 367 g/mol. The van der Waals surface area contributed by atoms with Crippen molar-refractivity contribution in [2.45, 2.75) is 30.4 Å². The van der Waals surface area contributed by atoms with E-state index in [0.29, 0.717) is 37.9 Å². The lowest BCUT2D eigenvalue weighted by atomic mass is 10.2. The summed E-state index contributed by atoms with van der Waals surface area (Å²) in [7, 11) is -1.99. The van der Waals surface area contributed by atoms with Crippen molar-refractivity contribution in [1.82, 2.24) is 14.4 Å². The van der Waals surface area contributed by atoms with Gasteiger partial charge in [0.25, 0.3) is 5.89 Å². The number of methoxy groups -OCH3 is 1. The van der Waals surface area contributed by atoms with E-state index >= 15 is 0 Å². The highest BCUT2D eigenvalue weighted by Gasteiger charge is 2.38. The van der Waals surface area contributed by atoms with Gasteiger partial charge in [0.05, 0.1) is 24.2 Å². The first kappa shape index (κ1) is 18.0. The Labute approximate surface area is 146 Å². The molecule has 9 heteroatoms. The van der Waals surface area contributed by atoms with Crippen LogP contribution in [0, 0.1) is 0 Å². The van der Waals surface area contributed by atoms with E-state index in [1.54, 1.807) is 37.4 Å². The minimum absolute atomic E-state index is 0.175. The van der Waals surface area contributed by atoms with Gasteiger partial charge in [0.1, 0.15) is 6.61 Å². The lowest BCUT2D eigenvalue weighted by Gasteiger charge is -2.21. The molecule has 0 N–H and O–H groups in total. The molecular formula is C16H21N3O5S. The van der Waals surface area contributed by atoms with Crippen LogP contribution in [0.2, 0.25) is 0 Å². The Morgan fingerprint density at radius 1 is 1.28 bits per heavy atom. The van der Waals surface area contributed by atoms with Gasteiger partial charge < -0.3 is 14.0 Å². The molecule has 1 unspecified atom stereocenters. The largest absolute Gasteiger partial charge is 0.382 e. The van der Waals surface area contributed by atoms with Gasteiger partial charge in [0.15, 0.2) is 5.82 Å². The van der Waals surface area contributed by atoms with Gasteiger partial charge in [-0.05, 0) is 25.0 Å². The molecule has 1 aromatic carbocycles. The molecule has 1 saturated heterocycles. The van der Waals surface area contributed by atoms with E-state index in [4.69, 9.17) is 14.0 Å². The van der Waals surface area contributed by atoms with E-state index in [2.05, 4.69) is 10.1 Å². The number of benzene rings is 1. The quantitative estimate of drug-likeness (QED) is 0.656. The Morgan fingerprint density at radius 3 is 2.84 bits per heavy atom. The van der Waals surface area contributed by atoms with Crippen LogP contribution in [0.5, 0.6) is 0 Å². The van der Waals surface area contributed by atoms with Crippen LogP contribution in [0.4, 0.5) is 0 Å². The molecule has 3 rings (SSSR count). The van der Waals surface area contributed by atoms with Crippen LogP contribution < -0.4 is 0 Å². The highest BCUT2D eigenvalue weighted by atomic mass is 32.2. The molecule has 1 atom stereocenters. The Hall–Kier alpha value is -1.81. The minimum atomic E-state index is -3.59. The van der Waals surface area contributed by atoms with Crippen LogP contribution in [0.3, 0.4) is 0 Å². The third-order valence-electron chi connectivity index (χ3n) is 3.99. The van der Waals surface area contributed by atoms with Crippen LogP contribution in [-0.2, 0) is 26.1 Å². The van der Waals surface area contributed by atoms with Gasteiger partial charge in [-0.15, -0.1) is 0 Å². The van der Waals surface area contributed by atoms with Crippen molar-refractivity contribution in [3.05, 3.63) is 42.0 Å². The second-order valence-electron chi connectivity index (χ2n) is 5.68. The van der Waals surface area contributed by atoms with Crippen molar-refractivity contribution in [1.29, 1.82) is 0 Å². The predicted molar refractivity (Wildman–Crippen MR) is 88.1 cm³/mol. The van der Waals surface area contributed by atoms with Crippen LogP contribution >= 0.6 is 0 Å². The molecule has 2 aromatic rings. The molecule has 8 nitrogen and oxygen atoms in total. The van der Waals surface area contributed by atoms with Gasteiger partial charge in [-0.3, -0.25) is 0 Å². The zero-order valence-electron chi connectivity index (χ0n) is 14.0. The summed E-state index contributed by atoms with van der Waals surface area (Å²) in [6.07, 6.45) is 1.42. The number of hydrogen-bond acceptors (Lipinski definition) is 7. The number of rotatable bonds is 8. The summed E-state index contributed by atoms with van der Waals surface area (Å²) in [6, 6.07) is 7.98. The van der Waals surface area contributed by atoms with Crippen LogP contribution in [-0.4, -0.2) is 49.7 Å². The fraction of sp³-hybridized carbons (Fsp3) is 0.500. The average Bonchev–Trinajstić information content (AvgIpc) is 3.29. The van der Waals surface area contributed by atoms with Crippen molar-refractivity contribution >= 4 is 10.0 Å². The Balaban J connectivity index is 1.73. The van der Waals surface area contributed by atoms with Crippen molar-refractivity contribution in [2.75, 3.05) is 26.9 Å². The first-order valence-corrected chi connectivity index (χ1v) is 9.53. The molecule has 136 valence electrons. The van der Waals surface area contributed by atoms with E-state index in [1.165, 1.54) is 4.31 Å². The molecular weight excluding hydrogens is 346 g/mol. The monoisotopic (exact) mass is 367 g/mol. The van der Waals surface area contributed by atoms with Gasteiger partial charge in [0, 0.05) is 13.7 Å². The van der Waals surface area contributed by atoms with Gasteiger partial charge in [-0.25, -0.2) is 8.42 Å². The van der Waals surface area contributed by atoms with Crippen LogP contribution in [0.1, 0.15) is 30.6 Å². The second-order valence-corrected chi connectivity index (χ2v) is 7.57. The fourth-order valence-corrected chi connectivity index (χ4v) is 4.45. The zero-order valence-corrected chi connectivity index (χ0v) is 14.8. The molecule has 1 aromatic heterocycles. The Bertz CT molecular complexity index is 778. The second kappa shape index (κ2) is 8.05. The Morgan fingerprint density at radius 2 is 2.08 bits per heavy atom. The lowest BCUT2D eigenvalue weighted by molar-refractivity contribution is 0.0494. The normalized spacial score (nSPS) is 18.7. The SMILES string of the molecule is COCCOCc1nc(C2CCCN2S(=O)(=O)c2ccccc2)no1. The van der Waals surface area contributed by atoms with E-state index in [-0.39, 0.29) is 11.5 Å². The predicted octanol–water partition coefficient (Wildman–Crippen LogP) is 1.76. The molecule has 0 aliphatic carbocycles. The zero-order chi connectivity index (χ0) is 17.7. The van der Waals surface area contributed by atoms with Gasteiger partial charge >= 0.3 is 0 Å². The molecule has 1 fully saturated rings. The lowest BCUT2D eigenvalue weighted by Crippen LogP contribution is -2.31. The van der Waals surface area contributed by atoms with E-state index in [1.807, 2.05) is 0 Å². The van der Waals surface area contributed by atoms with Crippen molar-refractivity contribution < 1.29 is 22.4 Å². The molecule has 2 heterocycles. The smallest absolute Gasteiger partial charge is 0.252 e. The maximum atomic E-state index is 12.9. The molecule has 0 bridgehead atoms. The molecule has 1 aliphatic heterocycles. The summed E-state index contributed by atoms with van der Waals surface area (Å²) in [6.45, 7) is 1.52. The molecule has 25 heavy (non-hydrogen) atoms. The maximum Gasteiger partial charge on any atom is 0.252 e. The Kier molecular flexibility index (Phi) is 5.79. The fourth-order valence-electron chi connectivity index (χ4n) is 2.78. The highest BCUT2D eigenvalue weighted by Crippen LogP contribution is 2.35. The molecule has 0 amide bonds. The summed E-state index contributed by atoms with van der Waals surface area (Å²) < 4.78 is 42.6. The van der Waals surface area contributed by atoms with Crippen molar-refractivity contribution in [3.8, 4) is 0 Å². The topological polar surface area (TPSA) is 94.8 Å². The van der Waals surface area contributed by atoms with Crippen LogP contribution in [0.25, 0.3) is 0 Å². The third-order valence-corrected chi connectivity index (χ3v) is 5.92.